The first kappa shape index (κ1) is 19.9. The minimum Gasteiger partial charge on any atom is -0.394 e. The van der Waals surface area contributed by atoms with Crippen molar-refractivity contribution in [2.75, 3.05) is 13.2 Å². The van der Waals surface area contributed by atoms with Gasteiger partial charge in [-0.1, -0.05) is 51.1 Å². The number of nitrogens with one attached hydrogen (secondary N) is 1. The summed E-state index contributed by atoms with van der Waals surface area (Å²) in [6.45, 7) is 5.65. The largest absolute Gasteiger partial charge is 0.394 e. The van der Waals surface area contributed by atoms with Gasteiger partial charge in [-0.2, -0.15) is 13.7 Å². The molecule has 138 valence electrons. The van der Waals surface area contributed by atoms with E-state index >= 15 is 0 Å². The predicted octanol–water partition coefficient (Wildman–Crippen LogP) is 1.98. The van der Waals surface area contributed by atoms with Crippen molar-refractivity contribution in [3.8, 4) is 6.07 Å². The van der Waals surface area contributed by atoms with Crippen molar-refractivity contribution in [1.82, 2.24) is 5.32 Å². The molecule has 0 saturated heterocycles. The molecule has 1 fully saturated rings. The Labute approximate surface area is 149 Å². The van der Waals surface area contributed by atoms with Gasteiger partial charge >= 0.3 is 0 Å². The van der Waals surface area contributed by atoms with Crippen molar-refractivity contribution in [1.29, 1.82) is 5.26 Å². The van der Waals surface area contributed by atoms with E-state index in [4.69, 9.17) is 4.18 Å². The Morgan fingerprint density at radius 3 is 2.52 bits per heavy atom. The molecule has 2 N–H and O–H groups in total. The van der Waals surface area contributed by atoms with Gasteiger partial charge in [-0.25, -0.2) is 0 Å². The average molecular weight is 366 g/mol. The summed E-state index contributed by atoms with van der Waals surface area (Å²) >= 11 is 0. The molecule has 2 rings (SSSR count). The second kappa shape index (κ2) is 7.83. The third-order valence-corrected chi connectivity index (χ3v) is 5.87. The molecule has 0 radical (unpaired) electrons. The molecule has 0 aliphatic heterocycles. The first-order valence-electron chi connectivity index (χ1n) is 8.37. The van der Waals surface area contributed by atoms with Gasteiger partial charge in [0.1, 0.15) is 6.04 Å². The van der Waals surface area contributed by atoms with Gasteiger partial charge in [0.15, 0.2) is 0 Å². The van der Waals surface area contributed by atoms with Crippen molar-refractivity contribution in [2.24, 2.45) is 11.3 Å². The highest BCUT2D eigenvalue weighted by molar-refractivity contribution is 7.87. The predicted molar refractivity (Wildman–Crippen MR) is 95.0 cm³/mol. The van der Waals surface area contributed by atoms with E-state index < -0.39 is 27.5 Å². The van der Waals surface area contributed by atoms with Gasteiger partial charge in [0.05, 0.1) is 30.6 Å². The van der Waals surface area contributed by atoms with Gasteiger partial charge < -0.3 is 5.11 Å². The molecule has 1 aromatic rings. The standard InChI is InChI=1S/C18H26N2O4S/c1-18(2,3)12-24-25(22,23)17-9-14(17)15(10-19)20-16(11-21)13-7-5-4-6-8-13/h4-8,14-17,20-21H,9,11-12H2,1-3H3/t14-,15-,16+,17+/m1/s1. The van der Waals surface area contributed by atoms with Crippen molar-refractivity contribution in [3.63, 3.8) is 0 Å². The van der Waals surface area contributed by atoms with Crippen molar-refractivity contribution in [2.45, 2.75) is 44.5 Å². The highest BCUT2D eigenvalue weighted by atomic mass is 32.2. The van der Waals surface area contributed by atoms with Crippen LogP contribution >= 0.6 is 0 Å². The molecule has 0 amide bonds. The van der Waals surface area contributed by atoms with E-state index in [2.05, 4.69) is 11.4 Å². The number of nitriles is 1. The number of benzene rings is 1. The maximum Gasteiger partial charge on any atom is 0.270 e. The normalized spacial score (nSPS) is 22.8. The maximum atomic E-state index is 12.3. The Morgan fingerprint density at radius 1 is 1.36 bits per heavy atom. The van der Waals surface area contributed by atoms with Gasteiger partial charge in [0, 0.05) is 5.92 Å². The van der Waals surface area contributed by atoms with Crippen LogP contribution in [0, 0.1) is 22.7 Å². The molecule has 7 heteroatoms. The third-order valence-electron chi connectivity index (χ3n) is 4.14. The zero-order valence-electron chi connectivity index (χ0n) is 14.8. The van der Waals surface area contributed by atoms with E-state index in [1.54, 1.807) is 0 Å². The second-order valence-electron chi connectivity index (χ2n) is 7.67. The minimum absolute atomic E-state index is 0.118. The molecule has 0 heterocycles. The average Bonchev–Trinajstić information content (AvgIpc) is 3.36. The minimum atomic E-state index is -3.69. The lowest BCUT2D eigenvalue weighted by Gasteiger charge is -2.21. The van der Waals surface area contributed by atoms with E-state index in [-0.39, 0.29) is 24.5 Å². The van der Waals surface area contributed by atoms with Crippen molar-refractivity contribution >= 4 is 10.1 Å². The third kappa shape index (κ3) is 5.51. The molecule has 0 bridgehead atoms. The molecule has 1 saturated carbocycles. The van der Waals surface area contributed by atoms with E-state index in [0.29, 0.717) is 6.42 Å². The van der Waals surface area contributed by atoms with Crippen LogP contribution in [0.1, 0.15) is 38.8 Å². The summed E-state index contributed by atoms with van der Waals surface area (Å²) in [6.07, 6.45) is 0.393. The van der Waals surface area contributed by atoms with E-state index in [0.717, 1.165) is 5.56 Å². The molecule has 1 aliphatic rings. The summed E-state index contributed by atoms with van der Waals surface area (Å²) < 4.78 is 29.7. The molecule has 1 aromatic carbocycles. The fourth-order valence-electron chi connectivity index (χ4n) is 2.63. The van der Waals surface area contributed by atoms with Crippen LogP contribution in [0.3, 0.4) is 0 Å². The van der Waals surface area contributed by atoms with Crippen LogP contribution in [0.25, 0.3) is 0 Å². The van der Waals surface area contributed by atoms with Crippen LogP contribution < -0.4 is 5.32 Å². The molecular weight excluding hydrogens is 340 g/mol. The Bertz CT molecular complexity index is 707. The first-order chi connectivity index (χ1) is 11.7. The van der Waals surface area contributed by atoms with Gasteiger partial charge in [-0.05, 0) is 17.4 Å². The Morgan fingerprint density at radius 2 is 2.00 bits per heavy atom. The number of aliphatic hydroxyl groups excluding tert-OH is 1. The number of hydrogen-bond donors (Lipinski definition) is 2. The Kier molecular flexibility index (Phi) is 6.22. The summed E-state index contributed by atoms with van der Waals surface area (Å²) in [6, 6.07) is 10.4. The van der Waals surface area contributed by atoms with Crippen LogP contribution in [-0.4, -0.2) is 38.0 Å². The molecule has 1 aliphatic carbocycles. The van der Waals surface area contributed by atoms with Crippen LogP contribution in [0.4, 0.5) is 0 Å². The quantitative estimate of drug-likeness (QED) is 0.683. The molecule has 0 spiro atoms. The lowest BCUT2D eigenvalue weighted by atomic mass is 9.99. The number of hydrogen-bond acceptors (Lipinski definition) is 6. The van der Waals surface area contributed by atoms with Gasteiger partial charge in [0.25, 0.3) is 10.1 Å². The monoisotopic (exact) mass is 366 g/mol. The van der Waals surface area contributed by atoms with E-state index in [9.17, 15) is 18.8 Å². The van der Waals surface area contributed by atoms with E-state index in [1.165, 1.54) is 0 Å². The summed E-state index contributed by atoms with van der Waals surface area (Å²) in [5, 5.41) is 21.5. The van der Waals surface area contributed by atoms with Gasteiger partial charge in [0.2, 0.25) is 0 Å². The van der Waals surface area contributed by atoms with Crippen LogP contribution in [-0.2, 0) is 14.3 Å². The molecule has 0 unspecified atom stereocenters. The smallest absolute Gasteiger partial charge is 0.270 e. The van der Waals surface area contributed by atoms with Crippen molar-refractivity contribution in [3.05, 3.63) is 35.9 Å². The number of rotatable bonds is 8. The number of nitrogens with zero attached hydrogens (tertiary/aromatic N) is 1. The number of aliphatic hydroxyl groups is 1. The zero-order valence-corrected chi connectivity index (χ0v) is 15.7. The Balaban J connectivity index is 2.00. The first-order valence-corrected chi connectivity index (χ1v) is 9.85. The second-order valence-corrected chi connectivity index (χ2v) is 9.50. The molecule has 25 heavy (non-hydrogen) atoms. The Hall–Kier alpha value is -1.46. The lowest BCUT2D eigenvalue weighted by Crippen LogP contribution is -2.37. The van der Waals surface area contributed by atoms with E-state index in [1.807, 2.05) is 51.1 Å². The topological polar surface area (TPSA) is 99.4 Å². The summed E-state index contributed by atoms with van der Waals surface area (Å²) in [5.74, 6) is -0.326. The molecule has 0 aromatic heterocycles. The molecule has 4 atom stereocenters. The van der Waals surface area contributed by atoms with Crippen LogP contribution in [0.15, 0.2) is 30.3 Å². The highest BCUT2D eigenvalue weighted by Gasteiger charge is 2.53. The van der Waals surface area contributed by atoms with Gasteiger partial charge in [-0.3, -0.25) is 9.50 Å². The maximum absolute atomic E-state index is 12.3. The summed E-state index contributed by atoms with van der Waals surface area (Å²) in [5.41, 5.74) is 0.605. The van der Waals surface area contributed by atoms with Crippen LogP contribution in [0.5, 0.6) is 0 Å². The van der Waals surface area contributed by atoms with Crippen LogP contribution in [0.2, 0.25) is 0 Å². The lowest BCUT2D eigenvalue weighted by molar-refractivity contribution is 0.202. The SMILES string of the molecule is CC(C)(C)COS(=O)(=O)[C@H]1C[C@@H]1[C@@H](C#N)N[C@@H](CO)c1ccccc1. The zero-order chi connectivity index (χ0) is 18.7. The fraction of sp³-hybridized carbons (Fsp3) is 0.611. The fourth-order valence-corrected chi connectivity index (χ4v) is 4.37. The highest BCUT2D eigenvalue weighted by Crippen LogP contribution is 2.41. The summed E-state index contributed by atoms with van der Waals surface area (Å²) in [4.78, 5) is 0. The van der Waals surface area contributed by atoms with Gasteiger partial charge in [-0.15, -0.1) is 0 Å². The summed E-state index contributed by atoms with van der Waals surface area (Å²) in [7, 11) is -3.69. The molecule has 6 nitrogen and oxygen atoms in total. The molecular formula is C18H26N2O4S. The van der Waals surface area contributed by atoms with Crippen molar-refractivity contribution < 1.29 is 17.7 Å².